The van der Waals surface area contributed by atoms with Crippen LogP contribution in [0.3, 0.4) is 0 Å². The van der Waals surface area contributed by atoms with Crippen molar-refractivity contribution in [1.82, 2.24) is 5.16 Å². The number of hydrogen-bond acceptors (Lipinski definition) is 4. The molecule has 1 amide bonds. The number of quaternary nitrogens is 1. The third kappa shape index (κ3) is 3.68. The molecule has 3 N–H and O–H groups in total. The average Bonchev–Trinajstić information content (AvgIpc) is 3.00. The highest BCUT2D eigenvalue weighted by Gasteiger charge is 2.32. The molecule has 0 aromatic carbocycles. The summed E-state index contributed by atoms with van der Waals surface area (Å²) in [4.78, 5) is 19.2. The van der Waals surface area contributed by atoms with E-state index in [0.29, 0.717) is 11.6 Å². The van der Waals surface area contributed by atoms with Crippen molar-refractivity contribution >= 4 is 17.5 Å². The second kappa shape index (κ2) is 6.78. The third-order valence-electron chi connectivity index (χ3n) is 4.32. The highest BCUT2D eigenvalue weighted by atomic mass is 16.5. The number of nitrogens with one attached hydrogen (secondary N) is 3. The predicted molar refractivity (Wildman–Crippen MR) is 85.2 cm³/mol. The molecule has 1 fully saturated rings. The van der Waals surface area contributed by atoms with Crippen molar-refractivity contribution in [3.05, 3.63) is 36.2 Å². The Balaban J connectivity index is 1.53. The molecule has 0 saturated carbocycles. The Morgan fingerprint density at radius 1 is 1.43 bits per heavy atom. The average molecular weight is 317 g/mol. The van der Waals surface area contributed by atoms with Gasteiger partial charge in [0.2, 0.25) is 0 Å². The van der Waals surface area contributed by atoms with Gasteiger partial charge in [0.05, 0.1) is 6.20 Å². The number of aromatic nitrogens is 2. The second-order valence-electron chi connectivity index (χ2n) is 5.93. The van der Waals surface area contributed by atoms with Crippen molar-refractivity contribution in [3.63, 3.8) is 0 Å². The molecular weight excluding hydrogens is 294 g/mol. The molecule has 1 atom stereocenters. The van der Waals surface area contributed by atoms with Crippen LogP contribution in [0.1, 0.15) is 12.7 Å². The quantitative estimate of drug-likeness (QED) is 0.799. The lowest BCUT2D eigenvalue weighted by Gasteiger charge is -2.31. The van der Waals surface area contributed by atoms with E-state index in [1.165, 1.54) is 4.90 Å². The van der Waals surface area contributed by atoms with E-state index in [1.54, 1.807) is 13.0 Å². The van der Waals surface area contributed by atoms with Gasteiger partial charge in [0.1, 0.15) is 31.9 Å². The van der Waals surface area contributed by atoms with E-state index in [1.807, 2.05) is 25.3 Å². The molecule has 7 nitrogen and oxygen atoms in total. The molecule has 0 aliphatic carbocycles. The van der Waals surface area contributed by atoms with Crippen molar-refractivity contribution in [1.29, 1.82) is 0 Å². The number of nitrogens with zero attached hydrogens (tertiary/aromatic N) is 2. The second-order valence-corrected chi connectivity index (χ2v) is 5.93. The van der Waals surface area contributed by atoms with Crippen molar-refractivity contribution in [2.24, 2.45) is 0 Å². The van der Waals surface area contributed by atoms with Crippen LogP contribution < -0.4 is 20.1 Å². The minimum absolute atomic E-state index is 0.0203. The van der Waals surface area contributed by atoms with Gasteiger partial charge in [0.15, 0.2) is 11.9 Å². The molecule has 0 spiro atoms. The Hall–Kier alpha value is -2.41. The molecular formula is C16H23N5O2+2. The van der Waals surface area contributed by atoms with Gasteiger partial charge < -0.3 is 14.7 Å². The first-order valence-electron chi connectivity index (χ1n) is 7.94. The number of amides is 1. The molecule has 3 heterocycles. The minimum Gasteiger partial charge on any atom is -0.360 e. The Bertz CT molecular complexity index is 650. The van der Waals surface area contributed by atoms with Crippen LogP contribution in [0.2, 0.25) is 0 Å². The van der Waals surface area contributed by atoms with E-state index in [4.69, 9.17) is 4.52 Å². The summed E-state index contributed by atoms with van der Waals surface area (Å²) in [7, 11) is 0. The lowest BCUT2D eigenvalue weighted by atomic mass is 10.2. The minimum atomic E-state index is -0.117. The monoisotopic (exact) mass is 317 g/mol. The highest BCUT2D eigenvalue weighted by Crippen LogP contribution is 2.07. The fourth-order valence-electron chi connectivity index (χ4n) is 2.89. The topological polar surface area (TPSA) is 77.0 Å². The van der Waals surface area contributed by atoms with E-state index in [-0.39, 0.29) is 11.9 Å². The molecule has 7 heteroatoms. The maximum atomic E-state index is 12.3. The van der Waals surface area contributed by atoms with Crippen molar-refractivity contribution in [2.45, 2.75) is 19.9 Å². The van der Waals surface area contributed by atoms with Crippen molar-refractivity contribution in [3.8, 4) is 0 Å². The first kappa shape index (κ1) is 15.5. The van der Waals surface area contributed by atoms with Gasteiger partial charge in [-0.1, -0.05) is 11.2 Å². The van der Waals surface area contributed by atoms with Crippen molar-refractivity contribution in [2.75, 3.05) is 36.4 Å². The van der Waals surface area contributed by atoms with Crippen LogP contribution in [0.25, 0.3) is 0 Å². The molecule has 0 bridgehead atoms. The normalized spacial score (nSPS) is 17.0. The van der Waals surface area contributed by atoms with Gasteiger partial charge in [0.25, 0.3) is 11.7 Å². The third-order valence-corrected chi connectivity index (χ3v) is 4.32. The highest BCUT2D eigenvalue weighted by molar-refractivity contribution is 5.92. The number of anilines is 2. The summed E-state index contributed by atoms with van der Waals surface area (Å²) in [5.41, 5.74) is 0. The van der Waals surface area contributed by atoms with Crippen LogP contribution in [-0.2, 0) is 4.79 Å². The number of hydrogen-bond donors (Lipinski definition) is 2. The number of aromatic amines is 1. The number of H-pyrrole nitrogens is 1. The number of pyridine rings is 1. The lowest BCUT2D eigenvalue weighted by molar-refractivity contribution is -0.914. The maximum absolute atomic E-state index is 12.3. The van der Waals surface area contributed by atoms with Gasteiger partial charge >= 0.3 is 0 Å². The fraction of sp³-hybridized carbons (Fsp3) is 0.438. The van der Waals surface area contributed by atoms with Crippen LogP contribution in [0.15, 0.2) is 35.0 Å². The zero-order valence-corrected chi connectivity index (χ0v) is 13.5. The van der Waals surface area contributed by atoms with Gasteiger partial charge in [-0.2, -0.15) is 0 Å². The molecule has 2 aromatic rings. The SMILES string of the molecule is Cc1cc(NC(=O)[C@@H](C)[NH+]2CCN(c3cccc[nH+]3)CC2)no1. The summed E-state index contributed by atoms with van der Waals surface area (Å²) >= 11 is 0. The summed E-state index contributed by atoms with van der Waals surface area (Å²) in [6.07, 6.45) is 1.94. The number of carbonyl (C=O) groups excluding carboxylic acids is 1. The van der Waals surface area contributed by atoms with Crippen LogP contribution in [-0.4, -0.2) is 43.3 Å². The molecule has 122 valence electrons. The van der Waals surface area contributed by atoms with Gasteiger partial charge in [0, 0.05) is 12.1 Å². The van der Waals surface area contributed by atoms with Gasteiger partial charge in [-0.15, -0.1) is 0 Å². The summed E-state index contributed by atoms with van der Waals surface area (Å²) in [6, 6.07) is 7.69. The lowest BCUT2D eigenvalue weighted by Crippen LogP contribution is -3.19. The fourth-order valence-corrected chi connectivity index (χ4v) is 2.89. The molecule has 1 aliphatic heterocycles. The zero-order valence-electron chi connectivity index (χ0n) is 13.5. The molecule has 0 unspecified atom stereocenters. The molecule has 23 heavy (non-hydrogen) atoms. The van der Waals surface area contributed by atoms with Gasteiger partial charge in [-0.05, 0) is 19.9 Å². The maximum Gasteiger partial charge on any atom is 0.283 e. The first-order valence-corrected chi connectivity index (χ1v) is 7.94. The van der Waals surface area contributed by atoms with E-state index < -0.39 is 0 Å². The standard InChI is InChI=1S/C16H21N5O2/c1-12-11-14(19-23-12)18-16(22)13(2)20-7-9-21(10-8-20)15-5-3-4-6-17-15/h3-6,11,13H,7-10H2,1-2H3,(H,18,19,22)/p+2/t13-/m1/s1. The summed E-state index contributed by atoms with van der Waals surface area (Å²) in [5.74, 6) is 2.28. The number of carbonyl (C=O) groups is 1. The molecule has 1 saturated heterocycles. The van der Waals surface area contributed by atoms with E-state index >= 15 is 0 Å². The van der Waals surface area contributed by atoms with Crippen LogP contribution in [0.4, 0.5) is 11.6 Å². The Labute approximate surface area is 135 Å². The summed E-state index contributed by atoms with van der Waals surface area (Å²) in [5, 5.41) is 6.62. The summed E-state index contributed by atoms with van der Waals surface area (Å²) < 4.78 is 4.97. The first-order chi connectivity index (χ1) is 11.1. The molecule has 3 rings (SSSR count). The van der Waals surface area contributed by atoms with E-state index in [2.05, 4.69) is 26.4 Å². The predicted octanol–water partition coefficient (Wildman–Crippen LogP) is -0.471. The van der Waals surface area contributed by atoms with Gasteiger partial charge in [-0.25, -0.2) is 4.98 Å². The van der Waals surface area contributed by atoms with E-state index in [9.17, 15) is 4.79 Å². The van der Waals surface area contributed by atoms with E-state index in [0.717, 1.165) is 32.0 Å². The number of piperazine rings is 1. The number of rotatable bonds is 4. The Kier molecular flexibility index (Phi) is 4.57. The van der Waals surface area contributed by atoms with Crippen LogP contribution >= 0.6 is 0 Å². The summed E-state index contributed by atoms with van der Waals surface area (Å²) in [6.45, 7) is 7.47. The Morgan fingerprint density at radius 3 is 2.83 bits per heavy atom. The van der Waals surface area contributed by atoms with Crippen LogP contribution in [0, 0.1) is 6.92 Å². The van der Waals surface area contributed by atoms with Crippen molar-refractivity contribution < 1.29 is 19.2 Å². The van der Waals surface area contributed by atoms with Crippen LogP contribution in [0.5, 0.6) is 0 Å². The molecule has 0 radical (unpaired) electrons. The molecule has 2 aromatic heterocycles. The Morgan fingerprint density at radius 2 is 2.22 bits per heavy atom. The smallest absolute Gasteiger partial charge is 0.283 e. The molecule has 1 aliphatic rings. The van der Waals surface area contributed by atoms with Gasteiger partial charge in [-0.3, -0.25) is 9.69 Å². The zero-order chi connectivity index (χ0) is 16.2. The largest absolute Gasteiger partial charge is 0.360 e. The number of aryl methyl sites for hydroxylation is 1.